The summed E-state index contributed by atoms with van der Waals surface area (Å²) in [6, 6.07) is 18.4. The van der Waals surface area contributed by atoms with Gasteiger partial charge >= 0.3 is 0 Å². The summed E-state index contributed by atoms with van der Waals surface area (Å²) in [5.41, 5.74) is 1.55. The molecule has 0 unspecified atom stereocenters. The van der Waals surface area contributed by atoms with Crippen molar-refractivity contribution in [2.45, 2.75) is 61.2 Å². The highest BCUT2D eigenvalue weighted by molar-refractivity contribution is 7.89. The van der Waals surface area contributed by atoms with Gasteiger partial charge in [0.25, 0.3) is 11.8 Å². The zero-order valence-electron chi connectivity index (χ0n) is 24.6. The van der Waals surface area contributed by atoms with Crippen LogP contribution in [0.25, 0.3) is 0 Å². The SMILES string of the molecule is O=C(Nc1ccc(S(=O)(=O)N2CCCCCC2)cc1)c1ccc(C(=O)Nc2ccc(S(=O)(=O)N3CCCCCC3)cc2)cc1. The normalized spacial score (nSPS) is 17.3. The molecule has 0 saturated carbocycles. The van der Waals surface area contributed by atoms with Gasteiger partial charge in [-0.25, -0.2) is 16.8 Å². The molecular formula is C32H38N4O6S2. The van der Waals surface area contributed by atoms with E-state index in [1.54, 1.807) is 24.3 Å². The fraction of sp³-hybridized carbons (Fsp3) is 0.375. The van der Waals surface area contributed by atoms with E-state index < -0.39 is 31.9 Å². The van der Waals surface area contributed by atoms with Crippen molar-refractivity contribution in [1.29, 1.82) is 0 Å². The van der Waals surface area contributed by atoms with Gasteiger partial charge in [-0.1, -0.05) is 25.7 Å². The van der Waals surface area contributed by atoms with Gasteiger partial charge in [-0.05, 0) is 98.5 Å². The molecule has 2 aliphatic heterocycles. The number of anilines is 2. The Morgan fingerprint density at radius 2 is 0.750 bits per heavy atom. The summed E-state index contributed by atoms with van der Waals surface area (Å²) >= 11 is 0. The molecule has 2 N–H and O–H groups in total. The second-order valence-corrected chi connectivity index (χ2v) is 15.0. The Hall–Kier alpha value is -3.58. The lowest BCUT2D eigenvalue weighted by Gasteiger charge is -2.20. The molecule has 12 heteroatoms. The van der Waals surface area contributed by atoms with Gasteiger partial charge in [-0.2, -0.15) is 8.61 Å². The molecule has 2 aliphatic rings. The van der Waals surface area contributed by atoms with Crippen molar-refractivity contribution in [1.82, 2.24) is 8.61 Å². The summed E-state index contributed by atoms with van der Waals surface area (Å²) in [4.78, 5) is 26.0. The molecular weight excluding hydrogens is 601 g/mol. The van der Waals surface area contributed by atoms with Crippen LogP contribution in [0, 0.1) is 0 Å². The number of hydrogen-bond donors (Lipinski definition) is 2. The van der Waals surface area contributed by atoms with Gasteiger partial charge in [0.2, 0.25) is 20.0 Å². The molecule has 2 saturated heterocycles. The Morgan fingerprint density at radius 1 is 0.455 bits per heavy atom. The van der Waals surface area contributed by atoms with E-state index in [9.17, 15) is 26.4 Å². The number of carbonyl (C=O) groups is 2. The van der Waals surface area contributed by atoms with E-state index in [0.29, 0.717) is 48.7 Å². The number of carbonyl (C=O) groups excluding carboxylic acids is 2. The lowest BCUT2D eigenvalue weighted by molar-refractivity contribution is 0.101. The topological polar surface area (TPSA) is 133 Å². The standard InChI is InChI=1S/C32H38N4O6S2/c37-31(33-27-13-17-29(18-14-27)43(39,40)35-21-5-1-2-6-22-35)25-9-11-26(12-10-25)32(38)34-28-15-19-30(20-16-28)44(41,42)36-23-7-3-4-8-24-36/h9-20H,1-8,21-24H2,(H,33,37)(H,34,38). The maximum atomic E-state index is 13.0. The van der Waals surface area contributed by atoms with Crippen molar-refractivity contribution >= 4 is 43.2 Å². The van der Waals surface area contributed by atoms with E-state index in [2.05, 4.69) is 10.6 Å². The van der Waals surface area contributed by atoms with Crippen molar-refractivity contribution < 1.29 is 26.4 Å². The largest absolute Gasteiger partial charge is 0.322 e. The maximum absolute atomic E-state index is 13.0. The van der Waals surface area contributed by atoms with Crippen LogP contribution in [0.4, 0.5) is 11.4 Å². The molecule has 0 aliphatic carbocycles. The first-order chi connectivity index (χ1) is 21.1. The van der Waals surface area contributed by atoms with E-state index in [4.69, 9.17) is 0 Å². The number of sulfonamides is 2. The molecule has 44 heavy (non-hydrogen) atoms. The van der Waals surface area contributed by atoms with E-state index in [1.165, 1.54) is 57.1 Å². The van der Waals surface area contributed by atoms with E-state index in [-0.39, 0.29) is 9.79 Å². The van der Waals surface area contributed by atoms with Crippen LogP contribution in [-0.4, -0.2) is 63.4 Å². The number of nitrogens with zero attached hydrogens (tertiary/aromatic N) is 2. The molecule has 2 fully saturated rings. The predicted molar refractivity (Wildman–Crippen MR) is 170 cm³/mol. The van der Waals surface area contributed by atoms with E-state index in [1.807, 2.05) is 0 Å². The number of benzene rings is 3. The molecule has 2 amide bonds. The predicted octanol–water partition coefficient (Wildman–Crippen LogP) is 5.32. The Morgan fingerprint density at radius 3 is 1.05 bits per heavy atom. The van der Waals surface area contributed by atoms with Gasteiger partial charge in [-0.15, -0.1) is 0 Å². The van der Waals surface area contributed by atoms with E-state index >= 15 is 0 Å². The minimum absolute atomic E-state index is 0.196. The Kier molecular flexibility index (Phi) is 10.1. The Balaban J connectivity index is 1.17. The number of amides is 2. The van der Waals surface area contributed by atoms with Crippen LogP contribution in [0.5, 0.6) is 0 Å². The van der Waals surface area contributed by atoms with Gasteiger partial charge in [0.1, 0.15) is 0 Å². The molecule has 2 heterocycles. The summed E-state index contributed by atoms with van der Waals surface area (Å²) in [7, 11) is -7.16. The lowest BCUT2D eigenvalue weighted by Crippen LogP contribution is -2.31. The highest BCUT2D eigenvalue weighted by Gasteiger charge is 2.26. The van der Waals surface area contributed by atoms with Crippen LogP contribution >= 0.6 is 0 Å². The number of nitrogens with one attached hydrogen (secondary N) is 2. The van der Waals surface area contributed by atoms with Crippen molar-refractivity contribution in [3.8, 4) is 0 Å². The molecule has 234 valence electrons. The third-order valence-electron chi connectivity index (χ3n) is 8.04. The zero-order valence-corrected chi connectivity index (χ0v) is 26.2. The van der Waals surface area contributed by atoms with Gasteiger partial charge in [0.15, 0.2) is 0 Å². The fourth-order valence-corrected chi connectivity index (χ4v) is 8.50. The fourth-order valence-electron chi connectivity index (χ4n) is 5.46. The van der Waals surface area contributed by atoms with E-state index in [0.717, 1.165) is 51.4 Å². The second-order valence-electron chi connectivity index (χ2n) is 11.2. The van der Waals surface area contributed by atoms with Crippen LogP contribution < -0.4 is 10.6 Å². The van der Waals surface area contributed by atoms with Crippen molar-refractivity contribution in [3.05, 3.63) is 83.9 Å². The average molecular weight is 639 g/mol. The van der Waals surface area contributed by atoms with Crippen LogP contribution in [-0.2, 0) is 20.0 Å². The summed E-state index contributed by atoms with van der Waals surface area (Å²) in [5, 5.41) is 5.52. The lowest BCUT2D eigenvalue weighted by atomic mass is 10.1. The first-order valence-corrected chi connectivity index (χ1v) is 18.0. The molecule has 0 bridgehead atoms. The third-order valence-corrected chi connectivity index (χ3v) is 11.9. The smallest absolute Gasteiger partial charge is 0.255 e. The molecule has 3 aromatic rings. The molecule has 0 spiro atoms. The average Bonchev–Trinajstić information content (AvgIpc) is 3.49. The van der Waals surface area contributed by atoms with Gasteiger partial charge in [0.05, 0.1) is 9.79 Å². The monoisotopic (exact) mass is 638 g/mol. The maximum Gasteiger partial charge on any atom is 0.255 e. The van der Waals surface area contributed by atoms with Gasteiger partial charge in [-0.3, -0.25) is 9.59 Å². The van der Waals surface area contributed by atoms with Crippen LogP contribution in [0.15, 0.2) is 82.6 Å². The summed E-state index contributed by atoms with van der Waals surface area (Å²) in [6.45, 7) is 2.07. The minimum Gasteiger partial charge on any atom is -0.322 e. The highest BCUT2D eigenvalue weighted by Crippen LogP contribution is 2.24. The molecule has 0 radical (unpaired) electrons. The molecule has 5 rings (SSSR count). The Bertz CT molecular complexity index is 1530. The highest BCUT2D eigenvalue weighted by atomic mass is 32.2. The molecule has 3 aromatic carbocycles. The van der Waals surface area contributed by atoms with Gasteiger partial charge < -0.3 is 10.6 Å². The second kappa shape index (κ2) is 14.0. The Labute approximate surface area is 259 Å². The van der Waals surface area contributed by atoms with Gasteiger partial charge in [0, 0.05) is 48.7 Å². The number of rotatable bonds is 8. The summed E-state index contributed by atoms with van der Waals surface area (Å²) in [6.07, 6.45) is 7.54. The van der Waals surface area contributed by atoms with Crippen molar-refractivity contribution in [3.63, 3.8) is 0 Å². The first-order valence-electron chi connectivity index (χ1n) is 15.1. The number of hydrogen-bond acceptors (Lipinski definition) is 6. The third kappa shape index (κ3) is 7.55. The summed E-state index contributed by atoms with van der Waals surface area (Å²) < 4.78 is 55.1. The zero-order chi connectivity index (χ0) is 31.2. The van der Waals surface area contributed by atoms with Crippen LogP contribution in [0.1, 0.15) is 72.1 Å². The molecule has 0 aromatic heterocycles. The van der Waals surface area contributed by atoms with Crippen LogP contribution in [0.2, 0.25) is 0 Å². The summed E-state index contributed by atoms with van der Waals surface area (Å²) in [5.74, 6) is -0.803. The van der Waals surface area contributed by atoms with Crippen molar-refractivity contribution in [2.75, 3.05) is 36.8 Å². The molecule has 0 atom stereocenters. The first kappa shape index (κ1) is 31.8. The quantitative estimate of drug-likeness (QED) is 0.343. The van der Waals surface area contributed by atoms with Crippen molar-refractivity contribution in [2.24, 2.45) is 0 Å². The van der Waals surface area contributed by atoms with Crippen LogP contribution in [0.3, 0.4) is 0 Å². The minimum atomic E-state index is -3.58. The molecule has 10 nitrogen and oxygen atoms in total.